The maximum Gasteiger partial charge on any atom is 0.252 e. The van der Waals surface area contributed by atoms with Crippen molar-refractivity contribution < 1.29 is 9.59 Å². The molecule has 0 spiro atoms. The average molecular weight is 383 g/mol. The molecule has 2 N–H and O–H groups in total. The molecule has 2 amide bonds. The first-order chi connectivity index (χ1) is 13.5. The molecule has 4 aliphatic rings. The molecule has 1 aromatic heterocycles. The molecule has 4 fully saturated rings. The predicted octanol–water partition coefficient (Wildman–Crippen LogP) is 2.13. The van der Waals surface area contributed by atoms with Crippen molar-refractivity contribution in [3.63, 3.8) is 0 Å². The number of nitrogens with two attached hydrogens (primary N) is 1. The number of nitrogens with zero attached hydrogens (tertiary/aromatic N) is 3. The SMILES string of the molecule is Cc1cc(C(N)=O)c(N2CCCN(C(=O)C3[C@@H]4[C@H]5CC[C@H](C5)[C@H]34)CC2)nc1C. The van der Waals surface area contributed by atoms with Gasteiger partial charge in [-0.05, 0) is 74.8 Å². The van der Waals surface area contributed by atoms with E-state index in [2.05, 4.69) is 14.8 Å². The molecule has 6 nitrogen and oxygen atoms in total. The molecule has 3 aliphatic carbocycles. The van der Waals surface area contributed by atoms with Crippen molar-refractivity contribution in [2.75, 3.05) is 31.1 Å². The minimum Gasteiger partial charge on any atom is -0.365 e. The number of pyridine rings is 1. The lowest BCUT2D eigenvalue weighted by atomic mass is 10.0. The second-order valence-electron chi connectivity index (χ2n) is 9.31. The van der Waals surface area contributed by atoms with E-state index in [0.717, 1.165) is 42.6 Å². The average Bonchev–Trinajstić information content (AvgIpc) is 3.23. The smallest absolute Gasteiger partial charge is 0.252 e. The van der Waals surface area contributed by atoms with Crippen LogP contribution in [0.2, 0.25) is 0 Å². The summed E-state index contributed by atoms with van der Waals surface area (Å²) in [6.45, 7) is 6.91. The van der Waals surface area contributed by atoms with Crippen LogP contribution in [0, 0.1) is 43.4 Å². The van der Waals surface area contributed by atoms with Crippen LogP contribution in [0.4, 0.5) is 5.82 Å². The number of hydrogen-bond donors (Lipinski definition) is 1. The van der Waals surface area contributed by atoms with E-state index >= 15 is 0 Å². The first-order valence-electron chi connectivity index (χ1n) is 10.8. The molecule has 1 aliphatic heterocycles. The Balaban J connectivity index is 1.30. The molecular formula is C22H30N4O2. The maximum atomic E-state index is 13.2. The van der Waals surface area contributed by atoms with Crippen molar-refractivity contribution in [1.82, 2.24) is 9.88 Å². The highest BCUT2D eigenvalue weighted by atomic mass is 16.2. The van der Waals surface area contributed by atoms with Crippen LogP contribution >= 0.6 is 0 Å². The number of anilines is 1. The zero-order valence-electron chi connectivity index (χ0n) is 16.9. The molecule has 2 bridgehead atoms. The lowest BCUT2D eigenvalue weighted by molar-refractivity contribution is -0.133. The van der Waals surface area contributed by atoms with Gasteiger partial charge in [0.2, 0.25) is 5.91 Å². The molecule has 28 heavy (non-hydrogen) atoms. The molecule has 1 aromatic rings. The number of fused-ring (bicyclic) bond motifs is 5. The van der Waals surface area contributed by atoms with Gasteiger partial charge in [0.05, 0.1) is 5.56 Å². The van der Waals surface area contributed by atoms with Crippen LogP contribution in [0.25, 0.3) is 0 Å². The van der Waals surface area contributed by atoms with Crippen molar-refractivity contribution in [2.45, 2.75) is 39.5 Å². The van der Waals surface area contributed by atoms with E-state index in [1.54, 1.807) is 0 Å². The highest BCUT2D eigenvalue weighted by Gasteiger charge is 2.67. The molecule has 3 saturated carbocycles. The number of carbonyl (C=O) groups is 2. The normalized spacial score (nSPS) is 33.6. The van der Waals surface area contributed by atoms with E-state index in [9.17, 15) is 9.59 Å². The molecule has 1 saturated heterocycles. The van der Waals surface area contributed by atoms with Gasteiger partial charge < -0.3 is 15.5 Å². The van der Waals surface area contributed by atoms with Crippen LogP contribution in [-0.2, 0) is 4.79 Å². The van der Waals surface area contributed by atoms with Gasteiger partial charge in [0.15, 0.2) is 0 Å². The summed E-state index contributed by atoms with van der Waals surface area (Å²) >= 11 is 0. The van der Waals surface area contributed by atoms with Gasteiger partial charge in [-0.3, -0.25) is 9.59 Å². The first kappa shape index (κ1) is 18.0. The van der Waals surface area contributed by atoms with E-state index in [1.807, 2.05) is 19.9 Å². The number of rotatable bonds is 3. The standard InChI is InChI=1S/C22H30N4O2/c1-12-10-16(20(23)27)21(24-13(12)2)25-6-3-7-26(9-8-25)22(28)19-17-14-4-5-15(11-14)18(17)19/h10,14-15,17-19H,3-9,11H2,1-2H3,(H2,23,27)/t14-,15+,17+,18-,19?. The Bertz CT molecular complexity index is 822. The molecule has 0 radical (unpaired) electrons. The molecular weight excluding hydrogens is 352 g/mol. The monoisotopic (exact) mass is 382 g/mol. The Morgan fingerprint density at radius 3 is 2.46 bits per heavy atom. The van der Waals surface area contributed by atoms with Crippen molar-refractivity contribution in [2.24, 2.45) is 35.3 Å². The fourth-order valence-corrected chi connectivity index (χ4v) is 6.33. The Labute approximate surface area is 166 Å². The van der Waals surface area contributed by atoms with Gasteiger partial charge in [0.25, 0.3) is 5.91 Å². The zero-order chi connectivity index (χ0) is 19.6. The summed E-state index contributed by atoms with van der Waals surface area (Å²) in [4.78, 5) is 34.0. The topological polar surface area (TPSA) is 79.5 Å². The van der Waals surface area contributed by atoms with Gasteiger partial charge >= 0.3 is 0 Å². The number of amides is 2. The number of aryl methyl sites for hydroxylation is 2. The quantitative estimate of drug-likeness (QED) is 0.868. The summed E-state index contributed by atoms with van der Waals surface area (Å²) in [6, 6.07) is 1.84. The van der Waals surface area contributed by atoms with Gasteiger partial charge in [-0.1, -0.05) is 0 Å². The summed E-state index contributed by atoms with van der Waals surface area (Å²) in [5.74, 6) is 3.95. The van der Waals surface area contributed by atoms with Crippen molar-refractivity contribution in [1.29, 1.82) is 0 Å². The van der Waals surface area contributed by atoms with E-state index < -0.39 is 5.91 Å². The van der Waals surface area contributed by atoms with E-state index in [1.165, 1.54) is 19.3 Å². The summed E-state index contributed by atoms with van der Waals surface area (Å²) in [5.41, 5.74) is 7.99. The van der Waals surface area contributed by atoms with Gasteiger partial charge in [-0.15, -0.1) is 0 Å². The first-order valence-corrected chi connectivity index (χ1v) is 10.8. The third-order valence-electron chi connectivity index (χ3n) is 7.84. The minimum atomic E-state index is -0.441. The number of primary amides is 1. The van der Waals surface area contributed by atoms with Crippen molar-refractivity contribution >= 4 is 17.6 Å². The molecule has 5 rings (SSSR count). The van der Waals surface area contributed by atoms with Crippen molar-refractivity contribution in [3.05, 3.63) is 22.9 Å². The highest BCUT2D eigenvalue weighted by Crippen LogP contribution is 2.69. The predicted molar refractivity (Wildman–Crippen MR) is 107 cm³/mol. The van der Waals surface area contributed by atoms with E-state index in [0.29, 0.717) is 48.1 Å². The molecule has 1 unspecified atom stereocenters. The van der Waals surface area contributed by atoms with Gasteiger partial charge in [0, 0.05) is 37.8 Å². The summed E-state index contributed by atoms with van der Waals surface area (Å²) in [6.07, 6.45) is 4.96. The van der Waals surface area contributed by atoms with E-state index in [-0.39, 0.29) is 0 Å². The summed E-state index contributed by atoms with van der Waals surface area (Å²) < 4.78 is 0. The lowest BCUT2D eigenvalue weighted by Gasteiger charge is -2.25. The fourth-order valence-electron chi connectivity index (χ4n) is 6.33. The van der Waals surface area contributed by atoms with Crippen LogP contribution in [0.1, 0.15) is 47.3 Å². The second kappa shape index (κ2) is 6.46. The molecule has 0 aromatic carbocycles. The second-order valence-corrected chi connectivity index (χ2v) is 9.31. The van der Waals surface area contributed by atoms with Gasteiger partial charge in [-0.2, -0.15) is 0 Å². The molecule has 2 heterocycles. The molecule has 5 atom stereocenters. The third kappa shape index (κ3) is 2.72. The Morgan fingerprint density at radius 2 is 1.79 bits per heavy atom. The molecule has 6 heteroatoms. The fraction of sp³-hybridized carbons (Fsp3) is 0.682. The van der Waals surface area contributed by atoms with Gasteiger partial charge in [-0.25, -0.2) is 4.98 Å². The van der Waals surface area contributed by atoms with Crippen LogP contribution in [0.3, 0.4) is 0 Å². The summed E-state index contributed by atoms with van der Waals surface area (Å²) in [5, 5.41) is 0. The lowest BCUT2D eigenvalue weighted by Crippen LogP contribution is -2.37. The maximum absolute atomic E-state index is 13.2. The number of aromatic nitrogens is 1. The van der Waals surface area contributed by atoms with Crippen LogP contribution in [0.5, 0.6) is 0 Å². The largest absolute Gasteiger partial charge is 0.365 e. The Morgan fingerprint density at radius 1 is 1.07 bits per heavy atom. The van der Waals surface area contributed by atoms with E-state index in [4.69, 9.17) is 5.73 Å². The Hall–Kier alpha value is -2.11. The van der Waals surface area contributed by atoms with Crippen molar-refractivity contribution in [3.8, 4) is 0 Å². The van der Waals surface area contributed by atoms with Crippen LogP contribution in [0.15, 0.2) is 6.07 Å². The number of carbonyl (C=O) groups excluding carboxylic acids is 2. The number of hydrogen-bond acceptors (Lipinski definition) is 4. The third-order valence-corrected chi connectivity index (χ3v) is 7.84. The summed E-state index contributed by atoms with van der Waals surface area (Å²) in [7, 11) is 0. The Kier molecular flexibility index (Phi) is 4.14. The zero-order valence-corrected chi connectivity index (χ0v) is 16.9. The van der Waals surface area contributed by atoms with Gasteiger partial charge in [0.1, 0.15) is 5.82 Å². The molecule has 150 valence electrons. The van der Waals surface area contributed by atoms with Crippen LogP contribution in [-0.4, -0.2) is 47.9 Å². The minimum absolute atomic E-state index is 0.304. The van der Waals surface area contributed by atoms with Crippen LogP contribution < -0.4 is 10.6 Å². The highest BCUT2D eigenvalue weighted by molar-refractivity contribution is 5.98.